The van der Waals surface area contributed by atoms with Gasteiger partial charge in [-0.3, -0.25) is 9.88 Å². The minimum Gasteiger partial charge on any atom is -0.392 e. The lowest BCUT2D eigenvalue weighted by Crippen LogP contribution is -2.41. The van der Waals surface area contributed by atoms with E-state index in [4.69, 9.17) is 0 Å². The Balaban J connectivity index is 1.44. The van der Waals surface area contributed by atoms with Crippen molar-refractivity contribution in [3.63, 3.8) is 0 Å². The highest BCUT2D eigenvalue weighted by molar-refractivity contribution is 5.26. The molecule has 0 amide bonds. The van der Waals surface area contributed by atoms with Crippen LogP contribution in [0.5, 0.6) is 0 Å². The molecular weight excluding hydrogens is 286 g/mol. The van der Waals surface area contributed by atoms with Crippen molar-refractivity contribution in [1.29, 1.82) is 0 Å². The van der Waals surface area contributed by atoms with Gasteiger partial charge in [-0.1, -0.05) is 24.3 Å². The molecule has 122 valence electrons. The average Bonchev–Trinajstić information content (AvgIpc) is 2.62. The molecule has 0 unspecified atom stereocenters. The second-order valence-corrected chi connectivity index (χ2v) is 6.21. The zero-order valence-corrected chi connectivity index (χ0v) is 13.5. The third kappa shape index (κ3) is 4.61. The van der Waals surface area contributed by atoms with Gasteiger partial charge in [-0.25, -0.2) is 0 Å². The molecule has 1 aliphatic heterocycles. The number of piperidine rings is 1. The van der Waals surface area contributed by atoms with Crippen LogP contribution in [0, 0.1) is 0 Å². The molecule has 1 saturated heterocycles. The molecule has 4 nitrogen and oxygen atoms in total. The monoisotopic (exact) mass is 311 g/mol. The van der Waals surface area contributed by atoms with Gasteiger partial charge in [0.05, 0.1) is 6.61 Å². The maximum absolute atomic E-state index is 9.39. The number of aliphatic hydroxyl groups excluding tert-OH is 1. The van der Waals surface area contributed by atoms with E-state index in [1.165, 1.54) is 24.0 Å². The number of hydrogen-bond donors (Lipinski definition) is 2. The summed E-state index contributed by atoms with van der Waals surface area (Å²) in [6, 6.07) is 12.9. The smallest absolute Gasteiger partial charge is 0.0685 e. The van der Waals surface area contributed by atoms with Crippen LogP contribution in [0.15, 0.2) is 48.8 Å². The van der Waals surface area contributed by atoms with Crippen LogP contribution in [0.2, 0.25) is 0 Å². The summed E-state index contributed by atoms with van der Waals surface area (Å²) in [6.07, 6.45) is 6.07. The lowest BCUT2D eigenvalue weighted by Gasteiger charge is -2.32. The summed E-state index contributed by atoms with van der Waals surface area (Å²) < 4.78 is 0. The lowest BCUT2D eigenvalue weighted by atomic mass is 10.0. The quantitative estimate of drug-likeness (QED) is 0.859. The fourth-order valence-corrected chi connectivity index (χ4v) is 3.18. The van der Waals surface area contributed by atoms with Gasteiger partial charge in [-0.15, -0.1) is 0 Å². The van der Waals surface area contributed by atoms with Crippen molar-refractivity contribution in [3.05, 3.63) is 65.5 Å². The lowest BCUT2D eigenvalue weighted by molar-refractivity contribution is 0.190. The van der Waals surface area contributed by atoms with Crippen LogP contribution >= 0.6 is 0 Å². The zero-order valence-electron chi connectivity index (χ0n) is 13.5. The zero-order chi connectivity index (χ0) is 15.9. The Morgan fingerprint density at radius 3 is 2.43 bits per heavy atom. The van der Waals surface area contributed by atoms with Gasteiger partial charge >= 0.3 is 0 Å². The molecule has 0 bridgehead atoms. The van der Waals surface area contributed by atoms with Crippen LogP contribution in [-0.2, 0) is 19.7 Å². The van der Waals surface area contributed by atoms with Crippen molar-refractivity contribution in [1.82, 2.24) is 15.2 Å². The fourth-order valence-electron chi connectivity index (χ4n) is 3.18. The molecule has 0 radical (unpaired) electrons. The Hall–Kier alpha value is -1.75. The molecule has 2 aromatic rings. The Kier molecular flexibility index (Phi) is 5.75. The number of rotatable bonds is 6. The Morgan fingerprint density at radius 1 is 1.04 bits per heavy atom. The normalized spacial score (nSPS) is 16.6. The van der Waals surface area contributed by atoms with Crippen molar-refractivity contribution < 1.29 is 5.11 Å². The van der Waals surface area contributed by atoms with E-state index < -0.39 is 0 Å². The molecule has 3 rings (SSSR count). The van der Waals surface area contributed by atoms with E-state index in [1.807, 2.05) is 30.6 Å². The average molecular weight is 311 g/mol. The van der Waals surface area contributed by atoms with Crippen LogP contribution in [0.4, 0.5) is 0 Å². The topological polar surface area (TPSA) is 48.4 Å². The van der Waals surface area contributed by atoms with Gasteiger partial charge in [0.25, 0.3) is 0 Å². The number of aliphatic hydroxyl groups is 1. The molecule has 23 heavy (non-hydrogen) atoms. The van der Waals surface area contributed by atoms with Crippen molar-refractivity contribution in [2.75, 3.05) is 13.1 Å². The van der Waals surface area contributed by atoms with Gasteiger partial charge in [-0.05, 0) is 54.8 Å². The van der Waals surface area contributed by atoms with Gasteiger partial charge in [0.1, 0.15) is 0 Å². The first-order valence-electron chi connectivity index (χ1n) is 8.37. The number of nitrogens with one attached hydrogen (secondary N) is 1. The van der Waals surface area contributed by atoms with Crippen molar-refractivity contribution in [2.45, 2.75) is 38.6 Å². The molecule has 1 aromatic carbocycles. The predicted molar refractivity (Wildman–Crippen MR) is 91.7 cm³/mol. The number of benzene rings is 1. The van der Waals surface area contributed by atoms with Gasteiger partial charge in [-0.2, -0.15) is 0 Å². The summed E-state index contributed by atoms with van der Waals surface area (Å²) in [5, 5.41) is 13.0. The van der Waals surface area contributed by atoms with E-state index >= 15 is 0 Å². The fraction of sp³-hybridized carbons (Fsp3) is 0.421. The SMILES string of the molecule is OCc1ccccc1CNC1CCN(Cc2ccncc2)CC1. The molecule has 2 N–H and O–H groups in total. The molecular formula is C19H25N3O. The molecule has 0 saturated carbocycles. The third-order valence-corrected chi connectivity index (χ3v) is 4.61. The highest BCUT2D eigenvalue weighted by Crippen LogP contribution is 2.15. The van der Waals surface area contributed by atoms with E-state index in [1.54, 1.807) is 0 Å². The molecule has 0 spiro atoms. The summed E-state index contributed by atoms with van der Waals surface area (Å²) in [7, 11) is 0. The second-order valence-electron chi connectivity index (χ2n) is 6.21. The highest BCUT2D eigenvalue weighted by Gasteiger charge is 2.18. The number of nitrogens with zero attached hydrogens (tertiary/aromatic N) is 2. The largest absolute Gasteiger partial charge is 0.392 e. The van der Waals surface area contributed by atoms with E-state index in [0.29, 0.717) is 6.04 Å². The van der Waals surface area contributed by atoms with Crippen LogP contribution in [0.3, 0.4) is 0 Å². The van der Waals surface area contributed by atoms with Gasteiger partial charge in [0.2, 0.25) is 0 Å². The van der Waals surface area contributed by atoms with Gasteiger partial charge in [0.15, 0.2) is 0 Å². The van der Waals surface area contributed by atoms with E-state index in [9.17, 15) is 5.11 Å². The minimum atomic E-state index is 0.113. The van der Waals surface area contributed by atoms with E-state index in [0.717, 1.165) is 31.7 Å². The van der Waals surface area contributed by atoms with Crippen LogP contribution in [0.1, 0.15) is 29.5 Å². The van der Waals surface area contributed by atoms with Gasteiger partial charge < -0.3 is 10.4 Å². The summed E-state index contributed by atoms with van der Waals surface area (Å²) in [5.74, 6) is 0. The Labute approximate surface area is 138 Å². The Morgan fingerprint density at radius 2 is 1.74 bits per heavy atom. The number of pyridine rings is 1. The van der Waals surface area contributed by atoms with E-state index in [2.05, 4.69) is 33.4 Å². The minimum absolute atomic E-state index is 0.113. The maximum atomic E-state index is 9.39. The van der Waals surface area contributed by atoms with Crippen LogP contribution < -0.4 is 5.32 Å². The summed E-state index contributed by atoms with van der Waals surface area (Å²) >= 11 is 0. The predicted octanol–water partition coefficient (Wildman–Crippen LogP) is 2.33. The molecule has 1 fully saturated rings. The van der Waals surface area contributed by atoms with Crippen LogP contribution in [0.25, 0.3) is 0 Å². The maximum Gasteiger partial charge on any atom is 0.0685 e. The molecule has 4 heteroatoms. The highest BCUT2D eigenvalue weighted by atomic mass is 16.3. The van der Waals surface area contributed by atoms with Crippen molar-refractivity contribution in [3.8, 4) is 0 Å². The second kappa shape index (κ2) is 8.20. The van der Waals surface area contributed by atoms with Crippen molar-refractivity contribution in [2.24, 2.45) is 0 Å². The number of aromatic nitrogens is 1. The first-order chi connectivity index (χ1) is 11.3. The number of hydrogen-bond acceptors (Lipinski definition) is 4. The Bertz CT molecular complexity index is 595. The number of likely N-dealkylation sites (tertiary alicyclic amines) is 1. The van der Waals surface area contributed by atoms with Gasteiger partial charge in [0, 0.05) is 31.5 Å². The summed E-state index contributed by atoms with van der Waals surface area (Å²) in [6.45, 7) is 4.22. The molecule has 2 heterocycles. The molecule has 0 aliphatic carbocycles. The molecule has 1 aromatic heterocycles. The third-order valence-electron chi connectivity index (χ3n) is 4.61. The molecule has 0 atom stereocenters. The van der Waals surface area contributed by atoms with E-state index in [-0.39, 0.29) is 6.61 Å². The first kappa shape index (κ1) is 16.1. The van der Waals surface area contributed by atoms with Crippen molar-refractivity contribution >= 4 is 0 Å². The standard InChI is InChI=1S/C19H25N3O/c23-15-18-4-2-1-3-17(18)13-21-19-7-11-22(12-8-19)14-16-5-9-20-10-6-16/h1-6,9-10,19,21,23H,7-8,11-15H2. The van der Waals surface area contributed by atoms with Crippen LogP contribution in [-0.4, -0.2) is 34.1 Å². The first-order valence-corrected chi connectivity index (χ1v) is 8.37. The summed E-state index contributed by atoms with van der Waals surface area (Å²) in [5.41, 5.74) is 3.56. The summed E-state index contributed by atoms with van der Waals surface area (Å²) in [4.78, 5) is 6.58. The molecule has 1 aliphatic rings.